The highest BCUT2D eigenvalue weighted by molar-refractivity contribution is 9.08. The summed E-state index contributed by atoms with van der Waals surface area (Å²) in [5.74, 6) is 0. The number of benzene rings is 1. The molecule has 1 heterocycles. The number of rotatable bonds is 1. The predicted octanol–water partition coefficient (Wildman–Crippen LogP) is 3.18. The van der Waals surface area contributed by atoms with E-state index in [1.165, 1.54) is 5.56 Å². The molecule has 0 unspecified atom stereocenters. The molecule has 0 radical (unpaired) electrons. The zero-order valence-corrected chi connectivity index (χ0v) is 9.01. The maximum Gasteiger partial charge on any atom is 0.222 e. The molecule has 2 nitrogen and oxygen atoms in total. The van der Waals surface area contributed by atoms with Crippen LogP contribution in [0.1, 0.15) is 5.56 Å². The van der Waals surface area contributed by atoms with Crippen molar-refractivity contribution in [3.8, 4) is 0 Å². The van der Waals surface area contributed by atoms with Crippen LogP contribution in [0.4, 0.5) is 0 Å². The Hall–Kier alpha value is -0.670. The van der Waals surface area contributed by atoms with Gasteiger partial charge in [0.2, 0.25) is 5.28 Å². The van der Waals surface area contributed by atoms with E-state index in [0.29, 0.717) is 5.28 Å². The topological polar surface area (TPSA) is 25.8 Å². The average Bonchev–Trinajstić information content (AvgIpc) is 2.17. The van der Waals surface area contributed by atoms with Crippen molar-refractivity contribution in [1.82, 2.24) is 9.97 Å². The first-order valence-electron chi connectivity index (χ1n) is 3.77. The van der Waals surface area contributed by atoms with Crippen LogP contribution in [-0.4, -0.2) is 9.97 Å². The van der Waals surface area contributed by atoms with E-state index in [0.717, 1.165) is 16.2 Å². The number of halogens is 2. The lowest BCUT2D eigenvalue weighted by Crippen LogP contribution is -1.85. The van der Waals surface area contributed by atoms with E-state index in [4.69, 9.17) is 11.6 Å². The zero-order valence-electron chi connectivity index (χ0n) is 6.67. The van der Waals surface area contributed by atoms with Crippen molar-refractivity contribution in [3.63, 3.8) is 0 Å². The van der Waals surface area contributed by atoms with E-state index in [1.54, 1.807) is 6.20 Å². The minimum atomic E-state index is 0.291. The molecule has 0 aliphatic carbocycles. The van der Waals surface area contributed by atoms with Crippen molar-refractivity contribution in [3.05, 3.63) is 35.2 Å². The SMILES string of the molecule is Clc1ncc2cc(CBr)ccc2n1. The Balaban J connectivity index is 2.66. The summed E-state index contributed by atoms with van der Waals surface area (Å²) in [5.41, 5.74) is 2.09. The molecule has 1 aromatic carbocycles. The lowest BCUT2D eigenvalue weighted by molar-refractivity contribution is 1.22. The highest BCUT2D eigenvalue weighted by Gasteiger charge is 1.98. The number of hydrogen-bond acceptors (Lipinski definition) is 2. The van der Waals surface area contributed by atoms with E-state index in [-0.39, 0.29) is 0 Å². The van der Waals surface area contributed by atoms with Crippen LogP contribution < -0.4 is 0 Å². The highest BCUT2D eigenvalue weighted by Crippen LogP contribution is 2.16. The van der Waals surface area contributed by atoms with Crippen molar-refractivity contribution >= 4 is 38.4 Å². The summed E-state index contributed by atoms with van der Waals surface area (Å²) < 4.78 is 0. The van der Waals surface area contributed by atoms with Crippen molar-refractivity contribution in [1.29, 1.82) is 0 Å². The van der Waals surface area contributed by atoms with Crippen LogP contribution in [0.3, 0.4) is 0 Å². The normalized spacial score (nSPS) is 10.6. The largest absolute Gasteiger partial charge is 0.226 e. The van der Waals surface area contributed by atoms with Gasteiger partial charge in [-0.1, -0.05) is 22.0 Å². The molecule has 4 heteroatoms. The minimum absolute atomic E-state index is 0.291. The quantitative estimate of drug-likeness (QED) is 0.579. The first kappa shape index (κ1) is 8.91. The number of fused-ring (bicyclic) bond motifs is 1. The Morgan fingerprint density at radius 1 is 1.38 bits per heavy atom. The molecule has 0 saturated heterocycles. The summed E-state index contributed by atoms with van der Waals surface area (Å²) in [6, 6.07) is 6.00. The second-order valence-electron chi connectivity index (χ2n) is 2.67. The molecule has 0 aliphatic rings. The third-order valence-corrected chi connectivity index (χ3v) is 2.60. The molecular formula is C9H6BrClN2. The van der Waals surface area contributed by atoms with Gasteiger partial charge in [0, 0.05) is 16.9 Å². The van der Waals surface area contributed by atoms with Gasteiger partial charge in [-0.05, 0) is 29.3 Å². The summed E-state index contributed by atoms with van der Waals surface area (Å²) >= 11 is 9.05. The Morgan fingerprint density at radius 3 is 3.00 bits per heavy atom. The van der Waals surface area contributed by atoms with Crippen LogP contribution in [-0.2, 0) is 5.33 Å². The molecule has 13 heavy (non-hydrogen) atoms. The Bertz CT molecular complexity index is 445. The predicted molar refractivity (Wildman–Crippen MR) is 57.2 cm³/mol. The van der Waals surface area contributed by atoms with Crippen LogP contribution in [0.25, 0.3) is 10.9 Å². The van der Waals surface area contributed by atoms with E-state index < -0.39 is 0 Å². The second-order valence-corrected chi connectivity index (χ2v) is 3.56. The van der Waals surface area contributed by atoms with Crippen molar-refractivity contribution < 1.29 is 0 Å². The van der Waals surface area contributed by atoms with E-state index in [9.17, 15) is 0 Å². The van der Waals surface area contributed by atoms with Gasteiger partial charge in [-0.25, -0.2) is 9.97 Å². The molecule has 0 spiro atoms. The molecule has 0 fully saturated rings. The summed E-state index contributed by atoms with van der Waals surface area (Å²) in [5, 5.41) is 2.14. The molecular weight excluding hydrogens is 251 g/mol. The Morgan fingerprint density at radius 2 is 2.23 bits per heavy atom. The summed E-state index contributed by atoms with van der Waals surface area (Å²) in [6.07, 6.45) is 1.73. The lowest BCUT2D eigenvalue weighted by Gasteiger charge is -1.99. The van der Waals surface area contributed by atoms with E-state index in [1.807, 2.05) is 18.2 Å². The van der Waals surface area contributed by atoms with Gasteiger partial charge in [0.05, 0.1) is 5.52 Å². The number of hydrogen-bond donors (Lipinski definition) is 0. The first-order valence-corrected chi connectivity index (χ1v) is 5.26. The Kier molecular flexibility index (Phi) is 2.47. The monoisotopic (exact) mass is 256 g/mol. The number of alkyl halides is 1. The van der Waals surface area contributed by atoms with Gasteiger partial charge in [0.25, 0.3) is 0 Å². The average molecular weight is 258 g/mol. The molecule has 0 aliphatic heterocycles. The summed E-state index contributed by atoms with van der Waals surface area (Å²) in [6.45, 7) is 0. The van der Waals surface area contributed by atoms with Crippen LogP contribution in [0, 0.1) is 0 Å². The van der Waals surface area contributed by atoms with Crippen molar-refractivity contribution in [2.45, 2.75) is 5.33 Å². The maximum atomic E-state index is 5.66. The molecule has 1 aromatic heterocycles. The first-order chi connectivity index (χ1) is 6.29. The second kappa shape index (κ2) is 3.60. The minimum Gasteiger partial charge on any atom is -0.226 e. The molecule has 0 amide bonds. The van der Waals surface area contributed by atoms with Crippen LogP contribution in [0.5, 0.6) is 0 Å². The molecule has 2 aromatic rings. The lowest BCUT2D eigenvalue weighted by atomic mass is 10.2. The van der Waals surface area contributed by atoms with Crippen LogP contribution in [0.2, 0.25) is 5.28 Å². The van der Waals surface area contributed by atoms with E-state index in [2.05, 4.69) is 25.9 Å². The van der Waals surface area contributed by atoms with Gasteiger partial charge < -0.3 is 0 Å². The number of aromatic nitrogens is 2. The molecule has 0 bridgehead atoms. The molecule has 0 atom stereocenters. The molecule has 0 saturated carbocycles. The fourth-order valence-corrected chi connectivity index (χ4v) is 1.63. The third-order valence-electron chi connectivity index (χ3n) is 1.77. The van der Waals surface area contributed by atoms with Gasteiger partial charge in [0.1, 0.15) is 0 Å². The summed E-state index contributed by atoms with van der Waals surface area (Å²) in [7, 11) is 0. The van der Waals surface area contributed by atoms with Gasteiger partial charge in [0.15, 0.2) is 0 Å². The fraction of sp³-hybridized carbons (Fsp3) is 0.111. The van der Waals surface area contributed by atoms with E-state index >= 15 is 0 Å². The molecule has 2 rings (SSSR count). The third kappa shape index (κ3) is 1.81. The van der Waals surface area contributed by atoms with Crippen LogP contribution >= 0.6 is 27.5 Å². The van der Waals surface area contributed by atoms with Gasteiger partial charge in [-0.3, -0.25) is 0 Å². The standard InChI is InChI=1S/C9H6BrClN2/c10-4-6-1-2-8-7(3-6)5-12-9(11)13-8/h1-3,5H,4H2. The smallest absolute Gasteiger partial charge is 0.222 e. The Labute approximate surface area is 89.1 Å². The van der Waals surface area contributed by atoms with Gasteiger partial charge in [-0.2, -0.15) is 0 Å². The fourth-order valence-electron chi connectivity index (χ4n) is 1.14. The van der Waals surface area contributed by atoms with Crippen LogP contribution in [0.15, 0.2) is 24.4 Å². The number of nitrogens with zero attached hydrogens (tertiary/aromatic N) is 2. The highest BCUT2D eigenvalue weighted by atomic mass is 79.9. The van der Waals surface area contributed by atoms with Crippen molar-refractivity contribution in [2.24, 2.45) is 0 Å². The van der Waals surface area contributed by atoms with Crippen molar-refractivity contribution in [2.75, 3.05) is 0 Å². The summed E-state index contributed by atoms with van der Waals surface area (Å²) in [4.78, 5) is 8.01. The molecule has 0 N–H and O–H groups in total. The maximum absolute atomic E-state index is 5.66. The van der Waals surface area contributed by atoms with Gasteiger partial charge >= 0.3 is 0 Å². The zero-order chi connectivity index (χ0) is 9.26. The van der Waals surface area contributed by atoms with Gasteiger partial charge in [-0.15, -0.1) is 0 Å². The molecule has 66 valence electrons.